The van der Waals surface area contributed by atoms with Crippen molar-refractivity contribution in [2.45, 2.75) is 39.2 Å². The molecule has 0 radical (unpaired) electrons. The number of amides is 1. The zero-order valence-corrected chi connectivity index (χ0v) is 12.2. The molecule has 0 fully saturated rings. The van der Waals surface area contributed by atoms with Crippen LogP contribution in [-0.2, 0) is 16.0 Å². The number of carboxylic acid groups (broad SMARTS) is 1. The van der Waals surface area contributed by atoms with Crippen LogP contribution in [0.5, 0.6) is 0 Å². The van der Waals surface area contributed by atoms with E-state index in [1.165, 1.54) is 19.4 Å². The molecule has 1 aromatic carbocycles. The lowest BCUT2D eigenvalue weighted by atomic mass is 10.1. The van der Waals surface area contributed by atoms with Gasteiger partial charge in [0.2, 0.25) is 5.91 Å². The lowest BCUT2D eigenvalue weighted by Gasteiger charge is -2.20. The Kier molecular flexibility index (Phi) is 5.70. The predicted molar refractivity (Wildman–Crippen MR) is 78.8 cm³/mol. The number of aryl methyl sites for hydroxylation is 1. The predicted octanol–water partition coefficient (Wildman–Crippen LogP) is 2.03. The van der Waals surface area contributed by atoms with E-state index in [2.05, 4.69) is 17.6 Å². The summed E-state index contributed by atoms with van der Waals surface area (Å²) in [4.78, 5) is 22.6. The highest BCUT2D eigenvalue weighted by atomic mass is 16.4. The van der Waals surface area contributed by atoms with Gasteiger partial charge >= 0.3 is 5.97 Å². The Bertz CT molecular complexity index is 467. The Morgan fingerprint density at radius 1 is 1.20 bits per heavy atom. The van der Waals surface area contributed by atoms with Gasteiger partial charge in [-0.1, -0.05) is 25.5 Å². The molecule has 0 heterocycles. The average molecular weight is 278 g/mol. The van der Waals surface area contributed by atoms with Crippen molar-refractivity contribution in [3.63, 3.8) is 0 Å². The monoisotopic (exact) mass is 278 g/mol. The van der Waals surface area contributed by atoms with Crippen molar-refractivity contribution in [3.8, 4) is 0 Å². The number of carbonyl (C=O) groups is 2. The molecule has 0 aliphatic carbocycles. The van der Waals surface area contributed by atoms with Crippen molar-refractivity contribution in [1.82, 2.24) is 5.32 Å². The van der Waals surface area contributed by atoms with Crippen molar-refractivity contribution in [2.75, 3.05) is 11.9 Å². The standard InChI is InChI=1S/C15H22N2O3/c1-4-5-11-6-8-12(9-7-11)17-13(18)10-16-15(2,3)14(19)20/h6-9,16H,4-5,10H2,1-3H3,(H,17,18)(H,19,20). The Morgan fingerprint density at radius 3 is 2.30 bits per heavy atom. The molecule has 0 atom stereocenters. The molecule has 0 spiro atoms. The van der Waals surface area contributed by atoms with Crippen molar-refractivity contribution < 1.29 is 14.7 Å². The maximum absolute atomic E-state index is 11.7. The first kappa shape index (κ1) is 16.2. The number of benzene rings is 1. The van der Waals surface area contributed by atoms with Crippen LogP contribution in [0.15, 0.2) is 24.3 Å². The fourth-order valence-corrected chi connectivity index (χ4v) is 1.63. The van der Waals surface area contributed by atoms with E-state index in [0.717, 1.165) is 12.8 Å². The number of carboxylic acids is 1. The van der Waals surface area contributed by atoms with Crippen molar-refractivity contribution >= 4 is 17.6 Å². The summed E-state index contributed by atoms with van der Waals surface area (Å²) in [5, 5.41) is 14.4. The van der Waals surface area contributed by atoms with Crippen molar-refractivity contribution in [2.24, 2.45) is 0 Å². The Labute approximate surface area is 119 Å². The van der Waals surface area contributed by atoms with E-state index in [1.807, 2.05) is 24.3 Å². The Hall–Kier alpha value is -1.88. The highest BCUT2D eigenvalue weighted by molar-refractivity contribution is 5.92. The highest BCUT2D eigenvalue weighted by Crippen LogP contribution is 2.11. The molecule has 0 unspecified atom stereocenters. The lowest BCUT2D eigenvalue weighted by molar-refractivity contribution is -0.143. The summed E-state index contributed by atoms with van der Waals surface area (Å²) in [6, 6.07) is 7.66. The fourth-order valence-electron chi connectivity index (χ4n) is 1.63. The number of hydrogen-bond acceptors (Lipinski definition) is 3. The zero-order valence-electron chi connectivity index (χ0n) is 12.2. The quantitative estimate of drug-likeness (QED) is 0.713. The minimum absolute atomic E-state index is 0.0456. The topological polar surface area (TPSA) is 78.4 Å². The second-order valence-corrected chi connectivity index (χ2v) is 5.28. The summed E-state index contributed by atoms with van der Waals surface area (Å²) < 4.78 is 0. The van der Waals surface area contributed by atoms with Crippen LogP contribution in [0, 0.1) is 0 Å². The first-order valence-corrected chi connectivity index (χ1v) is 6.72. The summed E-state index contributed by atoms with van der Waals surface area (Å²) >= 11 is 0. The van der Waals surface area contributed by atoms with Crippen LogP contribution in [0.3, 0.4) is 0 Å². The van der Waals surface area contributed by atoms with E-state index in [1.54, 1.807) is 0 Å². The summed E-state index contributed by atoms with van der Waals surface area (Å²) in [6.07, 6.45) is 2.10. The Morgan fingerprint density at radius 2 is 1.80 bits per heavy atom. The van der Waals surface area contributed by atoms with Gasteiger partial charge in [-0.15, -0.1) is 0 Å². The second-order valence-electron chi connectivity index (χ2n) is 5.28. The molecule has 3 N–H and O–H groups in total. The summed E-state index contributed by atoms with van der Waals surface area (Å²) in [6.45, 7) is 5.10. The molecule has 110 valence electrons. The highest BCUT2D eigenvalue weighted by Gasteiger charge is 2.26. The molecule has 1 aromatic rings. The summed E-state index contributed by atoms with van der Waals surface area (Å²) in [5.74, 6) is -1.25. The number of hydrogen-bond donors (Lipinski definition) is 3. The molecular weight excluding hydrogens is 256 g/mol. The van der Waals surface area contributed by atoms with Crippen LogP contribution in [0.2, 0.25) is 0 Å². The normalized spacial score (nSPS) is 11.2. The summed E-state index contributed by atoms with van der Waals surface area (Å²) in [7, 11) is 0. The number of nitrogens with one attached hydrogen (secondary N) is 2. The second kappa shape index (κ2) is 7.05. The van der Waals surface area contributed by atoms with Gasteiger partial charge in [0.05, 0.1) is 6.54 Å². The molecule has 0 saturated carbocycles. The third-order valence-corrected chi connectivity index (χ3v) is 3.00. The largest absolute Gasteiger partial charge is 0.480 e. The maximum atomic E-state index is 11.7. The molecule has 20 heavy (non-hydrogen) atoms. The first-order chi connectivity index (χ1) is 9.35. The smallest absolute Gasteiger partial charge is 0.323 e. The molecule has 0 bridgehead atoms. The van der Waals surface area contributed by atoms with E-state index < -0.39 is 11.5 Å². The number of aliphatic carboxylic acids is 1. The molecule has 5 heteroatoms. The third kappa shape index (κ3) is 5.01. The molecule has 1 amide bonds. The van der Waals surface area contributed by atoms with Crippen LogP contribution >= 0.6 is 0 Å². The zero-order chi connectivity index (χ0) is 15.2. The fraction of sp³-hybridized carbons (Fsp3) is 0.467. The van der Waals surface area contributed by atoms with Gasteiger partial charge in [-0.3, -0.25) is 14.9 Å². The van der Waals surface area contributed by atoms with E-state index in [-0.39, 0.29) is 12.5 Å². The maximum Gasteiger partial charge on any atom is 0.323 e. The van der Waals surface area contributed by atoms with E-state index in [4.69, 9.17) is 5.11 Å². The minimum Gasteiger partial charge on any atom is -0.480 e. The van der Waals surface area contributed by atoms with Crippen LogP contribution in [-0.4, -0.2) is 29.1 Å². The molecule has 0 aliphatic rings. The van der Waals surface area contributed by atoms with E-state index >= 15 is 0 Å². The number of anilines is 1. The van der Waals surface area contributed by atoms with Gasteiger partial charge in [-0.25, -0.2) is 0 Å². The van der Waals surface area contributed by atoms with E-state index in [0.29, 0.717) is 5.69 Å². The van der Waals surface area contributed by atoms with Crippen LogP contribution in [0.25, 0.3) is 0 Å². The van der Waals surface area contributed by atoms with Gasteiger partial charge < -0.3 is 10.4 Å². The first-order valence-electron chi connectivity index (χ1n) is 6.72. The third-order valence-electron chi connectivity index (χ3n) is 3.00. The van der Waals surface area contributed by atoms with E-state index in [9.17, 15) is 9.59 Å². The van der Waals surface area contributed by atoms with Crippen LogP contribution in [0.1, 0.15) is 32.8 Å². The molecule has 1 rings (SSSR count). The molecule has 0 saturated heterocycles. The molecule has 0 aliphatic heterocycles. The van der Waals surface area contributed by atoms with Crippen LogP contribution in [0.4, 0.5) is 5.69 Å². The molecule has 5 nitrogen and oxygen atoms in total. The van der Waals surface area contributed by atoms with Gasteiger partial charge in [0.1, 0.15) is 5.54 Å². The Balaban J connectivity index is 2.48. The minimum atomic E-state index is -1.12. The van der Waals surface area contributed by atoms with Gasteiger partial charge in [0.15, 0.2) is 0 Å². The number of carbonyl (C=O) groups excluding carboxylic acids is 1. The van der Waals surface area contributed by atoms with Crippen molar-refractivity contribution in [3.05, 3.63) is 29.8 Å². The van der Waals surface area contributed by atoms with Crippen LogP contribution < -0.4 is 10.6 Å². The summed E-state index contributed by atoms with van der Waals surface area (Å²) in [5.41, 5.74) is 0.822. The van der Waals surface area contributed by atoms with Gasteiger partial charge in [-0.05, 0) is 38.0 Å². The van der Waals surface area contributed by atoms with Gasteiger partial charge in [0.25, 0.3) is 0 Å². The SMILES string of the molecule is CCCc1ccc(NC(=O)CNC(C)(C)C(=O)O)cc1. The lowest BCUT2D eigenvalue weighted by Crippen LogP contribution is -2.49. The average Bonchev–Trinajstić information content (AvgIpc) is 2.39. The van der Waals surface area contributed by atoms with Gasteiger partial charge in [0, 0.05) is 5.69 Å². The van der Waals surface area contributed by atoms with Crippen molar-refractivity contribution in [1.29, 1.82) is 0 Å². The number of rotatable bonds is 7. The molecular formula is C15H22N2O3. The molecule has 0 aromatic heterocycles. The van der Waals surface area contributed by atoms with Gasteiger partial charge in [-0.2, -0.15) is 0 Å².